The van der Waals surface area contributed by atoms with Crippen LogP contribution < -0.4 is 5.73 Å². The zero-order valence-electron chi connectivity index (χ0n) is 11.4. The van der Waals surface area contributed by atoms with Gasteiger partial charge in [-0.15, -0.1) is 22.7 Å². The number of thiazole rings is 1. The van der Waals surface area contributed by atoms with E-state index in [4.69, 9.17) is 10.7 Å². The second-order valence-corrected chi connectivity index (χ2v) is 7.55. The van der Waals surface area contributed by atoms with Crippen LogP contribution in [0, 0.1) is 6.92 Å². The molecule has 1 atom stereocenters. The first-order valence-electron chi connectivity index (χ1n) is 6.12. The fraction of sp³-hybridized carbons (Fsp3) is 0.500. The molecule has 2 aromatic heterocycles. The first kappa shape index (κ1) is 13.7. The van der Waals surface area contributed by atoms with Crippen LogP contribution in [0.5, 0.6) is 0 Å². The van der Waals surface area contributed by atoms with Crippen LogP contribution >= 0.6 is 22.7 Å². The Kier molecular flexibility index (Phi) is 3.90. The van der Waals surface area contributed by atoms with E-state index in [1.54, 1.807) is 22.7 Å². The number of aromatic nitrogens is 1. The molecule has 4 heteroatoms. The average molecular weight is 280 g/mol. The van der Waals surface area contributed by atoms with Gasteiger partial charge in [0.1, 0.15) is 0 Å². The minimum absolute atomic E-state index is 0.0731. The lowest BCUT2D eigenvalue weighted by Crippen LogP contribution is -2.14. The van der Waals surface area contributed by atoms with E-state index < -0.39 is 0 Å². The molecule has 98 valence electrons. The van der Waals surface area contributed by atoms with Gasteiger partial charge in [-0.25, -0.2) is 4.98 Å². The second-order valence-electron chi connectivity index (χ2n) is 5.65. The Labute approximate surface area is 117 Å². The molecule has 2 heterocycles. The number of aryl methyl sites for hydroxylation is 1. The quantitative estimate of drug-likeness (QED) is 0.921. The van der Waals surface area contributed by atoms with Gasteiger partial charge in [0.2, 0.25) is 0 Å². The normalized spacial score (nSPS) is 13.8. The van der Waals surface area contributed by atoms with Crippen LogP contribution in [0.3, 0.4) is 0 Å². The Morgan fingerprint density at radius 3 is 2.56 bits per heavy atom. The summed E-state index contributed by atoms with van der Waals surface area (Å²) in [6.45, 7) is 8.69. The lowest BCUT2D eigenvalue weighted by atomic mass is 9.93. The molecule has 0 spiro atoms. The van der Waals surface area contributed by atoms with Crippen molar-refractivity contribution in [2.45, 2.75) is 45.6 Å². The smallest absolute Gasteiger partial charge is 0.0947 e. The van der Waals surface area contributed by atoms with Gasteiger partial charge in [0.25, 0.3) is 0 Å². The molecular weight excluding hydrogens is 260 g/mol. The molecular formula is C14H20N2S2. The van der Waals surface area contributed by atoms with Gasteiger partial charge in [-0.2, -0.15) is 0 Å². The molecule has 0 aliphatic carbocycles. The molecule has 2 N–H and O–H groups in total. The van der Waals surface area contributed by atoms with Gasteiger partial charge in [0.15, 0.2) is 0 Å². The summed E-state index contributed by atoms with van der Waals surface area (Å²) in [5.41, 5.74) is 8.85. The summed E-state index contributed by atoms with van der Waals surface area (Å²) in [6, 6.07) is 2.20. The van der Waals surface area contributed by atoms with Gasteiger partial charge >= 0.3 is 0 Å². The van der Waals surface area contributed by atoms with Crippen molar-refractivity contribution in [3.05, 3.63) is 38.0 Å². The maximum Gasteiger partial charge on any atom is 0.0947 e. The van der Waals surface area contributed by atoms with Crippen molar-refractivity contribution in [3.63, 3.8) is 0 Å². The number of nitrogens with two attached hydrogens (primary N) is 1. The maximum atomic E-state index is 6.27. The molecule has 0 aromatic carbocycles. The summed E-state index contributed by atoms with van der Waals surface area (Å²) in [5, 5.41) is 5.40. The van der Waals surface area contributed by atoms with Gasteiger partial charge in [0, 0.05) is 28.1 Å². The molecule has 0 radical (unpaired) electrons. The molecule has 2 nitrogen and oxygen atoms in total. The van der Waals surface area contributed by atoms with Crippen LogP contribution in [0.15, 0.2) is 16.8 Å². The highest BCUT2D eigenvalue weighted by Gasteiger charge is 2.19. The van der Waals surface area contributed by atoms with E-state index in [1.165, 1.54) is 10.4 Å². The van der Waals surface area contributed by atoms with Crippen molar-refractivity contribution in [2.24, 2.45) is 5.73 Å². The minimum atomic E-state index is 0.0731. The fourth-order valence-corrected chi connectivity index (χ4v) is 3.81. The molecule has 0 saturated carbocycles. The minimum Gasteiger partial charge on any atom is -0.323 e. The summed E-state index contributed by atoms with van der Waals surface area (Å²) in [7, 11) is 0. The van der Waals surface area contributed by atoms with E-state index in [0.717, 1.165) is 17.1 Å². The predicted octanol–water partition coefficient (Wildman–Crippen LogP) is 4.05. The van der Waals surface area contributed by atoms with Crippen LogP contribution in [0.2, 0.25) is 0 Å². The summed E-state index contributed by atoms with van der Waals surface area (Å²) in [4.78, 5) is 5.98. The van der Waals surface area contributed by atoms with Gasteiger partial charge < -0.3 is 5.73 Å². The number of thiophene rings is 1. The standard InChI is InChI=1S/C14H20N2S2/c1-9-5-6-17-13(9)10(15)7-12-16-11(8-18-12)14(2,3)4/h5-6,8,10H,7,15H2,1-4H3. The molecule has 0 aliphatic heterocycles. The highest BCUT2D eigenvalue weighted by atomic mass is 32.1. The third-order valence-corrected chi connectivity index (χ3v) is 4.98. The number of hydrogen-bond acceptors (Lipinski definition) is 4. The van der Waals surface area contributed by atoms with Crippen molar-refractivity contribution >= 4 is 22.7 Å². The Morgan fingerprint density at radius 1 is 1.33 bits per heavy atom. The van der Waals surface area contributed by atoms with Crippen molar-refractivity contribution in [1.82, 2.24) is 4.98 Å². The Bertz CT molecular complexity index is 520. The number of rotatable bonds is 3. The van der Waals surface area contributed by atoms with E-state index in [9.17, 15) is 0 Å². The van der Waals surface area contributed by atoms with Gasteiger partial charge in [0.05, 0.1) is 10.7 Å². The van der Waals surface area contributed by atoms with Crippen molar-refractivity contribution in [2.75, 3.05) is 0 Å². The molecule has 0 saturated heterocycles. The third-order valence-electron chi connectivity index (χ3n) is 2.95. The van der Waals surface area contributed by atoms with E-state index in [0.29, 0.717) is 0 Å². The molecule has 18 heavy (non-hydrogen) atoms. The Hall–Kier alpha value is -0.710. The molecule has 0 aliphatic rings. The van der Waals surface area contributed by atoms with Gasteiger partial charge in [-0.1, -0.05) is 20.8 Å². The van der Waals surface area contributed by atoms with E-state index >= 15 is 0 Å². The topological polar surface area (TPSA) is 38.9 Å². The van der Waals surface area contributed by atoms with Gasteiger partial charge in [-0.05, 0) is 23.9 Å². The molecule has 0 bridgehead atoms. The number of nitrogens with zero attached hydrogens (tertiary/aromatic N) is 1. The summed E-state index contributed by atoms with van der Waals surface area (Å²) in [5.74, 6) is 0. The number of hydrogen-bond donors (Lipinski definition) is 1. The summed E-state index contributed by atoms with van der Waals surface area (Å²) < 4.78 is 0. The first-order chi connectivity index (χ1) is 8.38. The largest absolute Gasteiger partial charge is 0.323 e. The molecule has 2 rings (SSSR count). The molecule has 0 amide bonds. The van der Waals surface area contributed by atoms with Crippen LogP contribution in [0.4, 0.5) is 0 Å². The Balaban J connectivity index is 2.11. The molecule has 2 aromatic rings. The lowest BCUT2D eigenvalue weighted by molar-refractivity contribution is 0.569. The predicted molar refractivity (Wildman–Crippen MR) is 80.5 cm³/mol. The van der Waals surface area contributed by atoms with E-state index in [2.05, 4.69) is 44.5 Å². The Morgan fingerprint density at radius 2 is 2.06 bits per heavy atom. The lowest BCUT2D eigenvalue weighted by Gasteiger charge is -2.14. The maximum absolute atomic E-state index is 6.27. The molecule has 0 fully saturated rings. The van der Waals surface area contributed by atoms with Crippen LogP contribution in [-0.4, -0.2) is 4.98 Å². The monoisotopic (exact) mass is 280 g/mol. The van der Waals surface area contributed by atoms with Crippen molar-refractivity contribution in [3.8, 4) is 0 Å². The summed E-state index contributed by atoms with van der Waals surface area (Å²) >= 11 is 3.46. The summed E-state index contributed by atoms with van der Waals surface area (Å²) in [6.07, 6.45) is 0.835. The van der Waals surface area contributed by atoms with Crippen molar-refractivity contribution in [1.29, 1.82) is 0 Å². The third kappa shape index (κ3) is 2.99. The SMILES string of the molecule is Cc1ccsc1C(N)Cc1nc(C(C)(C)C)cs1. The second kappa shape index (κ2) is 5.11. The average Bonchev–Trinajstić information content (AvgIpc) is 2.85. The zero-order valence-corrected chi connectivity index (χ0v) is 13.0. The fourth-order valence-electron chi connectivity index (χ4n) is 1.79. The van der Waals surface area contributed by atoms with E-state index in [-0.39, 0.29) is 11.5 Å². The van der Waals surface area contributed by atoms with Crippen LogP contribution in [0.25, 0.3) is 0 Å². The zero-order chi connectivity index (χ0) is 13.3. The highest BCUT2D eigenvalue weighted by molar-refractivity contribution is 7.10. The highest BCUT2D eigenvalue weighted by Crippen LogP contribution is 2.28. The van der Waals surface area contributed by atoms with E-state index in [1.807, 2.05) is 0 Å². The van der Waals surface area contributed by atoms with Gasteiger partial charge in [-0.3, -0.25) is 0 Å². The molecule has 1 unspecified atom stereocenters. The van der Waals surface area contributed by atoms with Crippen molar-refractivity contribution < 1.29 is 0 Å². The first-order valence-corrected chi connectivity index (χ1v) is 7.88. The van der Waals surface area contributed by atoms with Crippen LogP contribution in [0.1, 0.15) is 48.0 Å². The van der Waals surface area contributed by atoms with Crippen LogP contribution in [-0.2, 0) is 11.8 Å².